The van der Waals surface area contributed by atoms with Crippen molar-refractivity contribution < 1.29 is 0 Å². The lowest BCUT2D eigenvalue weighted by atomic mass is 9.90. The van der Waals surface area contributed by atoms with Crippen LogP contribution in [0.15, 0.2) is 29.2 Å². The van der Waals surface area contributed by atoms with Gasteiger partial charge in [0, 0.05) is 16.6 Å². The third kappa shape index (κ3) is 3.66. The molecule has 1 saturated heterocycles. The zero-order valence-electron chi connectivity index (χ0n) is 11.6. The van der Waals surface area contributed by atoms with Gasteiger partial charge in [-0.25, -0.2) is 0 Å². The van der Waals surface area contributed by atoms with E-state index in [0.29, 0.717) is 6.04 Å². The summed E-state index contributed by atoms with van der Waals surface area (Å²) in [6, 6.07) is 9.28. The molecular weight excluding hydrogens is 240 g/mol. The van der Waals surface area contributed by atoms with Crippen molar-refractivity contribution in [1.29, 1.82) is 0 Å². The summed E-state index contributed by atoms with van der Waals surface area (Å²) in [5.41, 5.74) is 1.26. The van der Waals surface area contributed by atoms with Crippen molar-refractivity contribution in [1.82, 2.24) is 4.90 Å². The molecule has 0 bridgehead atoms. The predicted octanol–water partition coefficient (Wildman–Crippen LogP) is 3.55. The van der Waals surface area contributed by atoms with E-state index in [-0.39, 0.29) is 0 Å². The fourth-order valence-electron chi connectivity index (χ4n) is 2.62. The van der Waals surface area contributed by atoms with Gasteiger partial charge in [0.2, 0.25) is 0 Å². The standard InChI is InChI=1S/C15H24N2S/c1-12(13-7-9-17(2)10-8-13)16-14-5-4-6-15(11-14)18-3/h4-6,11-13,16H,7-10H2,1-3H3. The summed E-state index contributed by atoms with van der Waals surface area (Å²) in [6.07, 6.45) is 4.75. The number of hydrogen-bond donors (Lipinski definition) is 1. The maximum absolute atomic E-state index is 3.67. The highest BCUT2D eigenvalue weighted by atomic mass is 32.2. The van der Waals surface area contributed by atoms with Crippen LogP contribution in [-0.2, 0) is 0 Å². The number of hydrogen-bond acceptors (Lipinski definition) is 3. The maximum Gasteiger partial charge on any atom is 0.0353 e. The lowest BCUT2D eigenvalue weighted by Crippen LogP contribution is -2.37. The second-order valence-electron chi connectivity index (χ2n) is 5.31. The Bertz CT molecular complexity index is 373. The second kappa shape index (κ2) is 6.48. The fraction of sp³-hybridized carbons (Fsp3) is 0.600. The summed E-state index contributed by atoms with van der Waals surface area (Å²) in [5, 5.41) is 3.67. The van der Waals surface area contributed by atoms with Gasteiger partial charge in [0.05, 0.1) is 0 Å². The van der Waals surface area contributed by atoms with Crippen molar-refractivity contribution in [2.45, 2.75) is 30.7 Å². The second-order valence-corrected chi connectivity index (χ2v) is 6.19. The first-order valence-electron chi connectivity index (χ1n) is 6.78. The van der Waals surface area contributed by atoms with Crippen LogP contribution in [0.4, 0.5) is 5.69 Å². The molecule has 0 amide bonds. The summed E-state index contributed by atoms with van der Waals surface area (Å²) in [4.78, 5) is 3.76. The molecule has 2 rings (SSSR count). The van der Waals surface area contributed by atoms with Crippen molar-refractivity contribution >= 4 is 17.4 Å². The molecule has 0 radical (unpaired) electrons. The van der Waals surface area contributed by atoms with E-state index in [1.165, 1.54) is 36.5 Å². The van der Waals surface area contributed by atoms with Gasteiger partial charge < -0.3 is 10.2 Å². The molecule has 1 heterocycles. The monoisotopic (exact) mass is 264 g/mol. The van der Waals surface area contributed by atoms with Crippen LogP contribution in [-0.4, -0.2) is 37.3 Å². The van der Waals surface area contributed by atoms with Crippen LogP contribution in [0.25, 0.3) is 0 Å². The van der Waals surface area contributed by atoms with Crippen LogP contribution >= 0.6 is 11.8 Å². The zero-order valence-corrected chi connectivity index (χ0v) is 12.5. The average Bonchev–Trinajstić information content (AvgIpc) is 2.39. The number of thioether (sulfide) groups is 1. The highest BCUT2D eigenvalue weighted by Crippen LogP contribution is 2.24. The number of rotatable bonds is 4. The van der Waals surface area contributed by atoms with Gasteiger partial charge in [0.15, 0.2) is 0 Å². The van der Waals surface area contributed by atoms with Gasteiger partial charge in [-0.3, -0.25) is 0 Å². The Labute approximate surface area is 115 Å². The largest absolute Gasteiger partial charge is 0.382 e. The smallest absolute Gasteiger partial charge is 0.0353 e. The first-order valence-corrected chi connectivity index (χ1v) is 8.00. The van der Waals surface area contributed by atoms with Gasteiger partial charge in [0.1, 0.15) is 0 Å². The normalized spacial score (nSPS) is 19.7. The van der Waals surface area contributed by atoms with E-state index in [1.54, 1.807) is 11.8 Å². The topological polar surface area (TPSA) is 15.3 Å². The van der Waals surface area contributed by atoms with Crippen LogP contribution in [0.5, 0.6) is 0 Å². The lowest BCUT2D eigenvalue weighted by Gasteiger charge is -2.33. The van der Waals surface area contributed by atoms with Crippen LogP contribution in [0.3, 0.4) is 0 Å². The molecular formula is C15H24N2S. The Morgan fingerprint density at radius 2 is 2.06 bits per heavy atom. The average molecular weight is 264 g/mol. The van der Waals surface area contributed by atoms with E-state index in [1.807, 2.05) is 0 Å². The third-order valence-corrected chi connectivity index (χ3v) is 4.66. The Morgan fingerprint density at radius 1 is 1.33 bits per heavy atom. The molecule has 100 valence electrons. The van der Waals surface area contributed by atoms with E-state index in [2.05, 4.69) is 54.7 Å². The fourth-order valence-corrected chi connectivity index (χ4v) is 3.08. The Balaban J connectivity index is 1.91. The SMILES string of the molecule is CSc1cccc(NC(C)C2CCN(C)CC2)c1. The molecule has 2 nitrogen and oxygen atoms in total. The molecule has 1 aromatic carbocycles. The molecule has 0 aliphatic carbocycles. The summed E-state index contributed by atoms with van der Waals surface area (Å²) in [5.74, 6) is 0.805. The number of anilines is 1. The molecule has 1 aliphatic rings. The predicted molar refractivity (Wildman–Crippen MR) is 81.5 cm³/mol. The quantitative estimate of drug-likeness (QED) is 0.837. The zero-order chi connectivity index (χ0) is 13.0. The molecule has 18 heavy (non-hydrogen) atoms. The first-order chi connectivity index (χ1) is 8.69. The van der Waals surface area contributed by atoms with Crippen LogP contribution < -0.4 is 5.32 Å². The molecule has 3 heteroatoms. The molecule has 1 aliphatic heterocycles. The van der Waals surface area contributed by atoms with Gasteiger partial charge in [-0.05, 0) is 70.3 Å². The number of benzene rings is 1. The molecule has 0 aromatic heterocycles. The van der Waals surface area contributed by atoms with Crippen molar-refractivity contribution in [2.24, 2.45) is 5.92 Å². The number of nitrogens with zero attached hydrogens (tertiary/aromatic N) is 1. The van der Waals surface area contributed by atoms with Crippen LogP contribution in [0.2, 0.25) is 0 Å². The third-order valence-electron chi connectivity index (χ3n) is 3.93. The van der Waals surface area contributed by atoms with Crippen molar-refractivity contribution in [2.75, 3.05) is 31.7 Å². The first kappa shape index (κ1) is 13.8. The summed E-state index contributed by atoms with van der Waals surface area (Å²) in [6.45, 7) is 4.80. The summed E-state index contributed by atoms with van der Waals surface area (Å²) < 4.78 is 0. The lowest BCUT2D eigenvalue weighted by molar-refractivity contribution is 0.208. The van der Waals surface area contributed by atoms with Crippen molar-refractivity contribution in [3.8, 4) is 0 Å². The van der Waals surface area contributed by atoms with E-state index >= 15 is 0 Å². The molecule has 1 unspecified atom stereocenters. The van der Waals surface area contributed by atoms with Crippen molar-refractivity contribution in [3.05, 3.63) is 24.3 Å². The molecule has 1 N–H and O–H groups in total. The highest BCUT2D eigenvalue weighted by molar-refractivity contribution is 7.98. The van der Waals surface area contributed by atoms with Gasteiger partial charge in [-0.2, -0.15) is 0 Å². The van der Waals surface area contributed by atoms with Gasteiger partial charge in [-0.15, -0.1) is 11.8 Å². The molecule has 1 atom stereocenters. The Hall–Kier alpha value is -0.670. The summed E-state index contributed by atoms with van der Waals surface area (Å²) in [7, 11) is 2.22. The minimum atomic E-state index is 0.566. The minimum absolute atomic E-state index is 0.566. The number of nitrogens with one attached hydrogen (secondary N) is 1. The van der Waals surface area contributed by atoms with Crippen molar-refractivity contribution in [3.63, 3.8) is 0 Å². The summed E-state index contributed by atoms with van der Waals surface area (Å²) >= 11 is 1.80. The van der Waals surface area contributed by atoms with E-state index < -0.39 is 0 Å². The highest BCUT2D eigenvalue weighted by Gasteiger charge is 2.21. The Kier molecular flexibility index (Phi) is 4.95. The van der Waals surface area contributed by atoms with E-state index in [0.717, 1.165) is 5.92 Å². The molecule has 0 spiro atoms. The van der Waals surface area contributed by atoms with Crippen LogP contribution in [0.1, 0.15) is 19.8 Å². The van der Waals surface area contributed by atoms with Gasteiger partial charge in [0.25, 0.3) is 0 Å². The van der Waals surface area contributed by atoms with E-state index in [9.17, 15) is 0 Å². The van der Waals surface area contributed by atoms with Crippen LogP contribution in [0, 0.1) is 5.92 Å². The number of piperidine rings is 1. The Morgan fingerprint density at radius 3 is 2.72 bits per heavy atom. The molecule has 0 saturated carbocycles. The van der Waals surface area contributed by atoms with Gasteiger partial charge in [-0.1, -0.05) is 6.07 Å². The van der Waals surface area contributed by atoms with E-state index in [4.69, 9.17) is 0 Å². The number of likely N-dealkylation sites (tertiary alicyclic amines) is 1. The molecule has 1 aromatic rings. The maximum atomic E-state index is 3.67. The minimum Gasteiger partial charge on any atom is -0.382 e. The molecule has 1 fully saturated rings. The van der Waals surface area contributed by atoms with Gasteiger partial charge >= 0.3 is 0 Å².